The highest BCUT2D eigenvalue weighted by Crippen LogP contribution is 2.28. The lowest BCUT2D eigenvalue weighted by molar-refractivity contribution is -0.117. The van der Waals surface area contributed by atoms with Gasteiger partial charge in [-0.2, -0.15) is 0 Å². The maximum Gasteiger partial charge on any atom is 0.336 e. The molecule has 2 aromatic rings. The predicted octanol–water partition coefficient (Wildman–Crippen LogP) is 1.41. The molecule has 0 saturated carbocycles. The Hall–Kier alpha value is -2.14. The standard InChI is InChI=1S/C15H16N2O3/c1-9-4-15(19)20-13-6-11(2-3-12(9)13)17-8-10(7-16)5-14(17)18/h2-4,6,10H,5,7-8,16H2,1H3. The lowest BCUT2D eigenvalue weighted by Gasteiger charge is -2.17. The van der Waals surface area contributed by atoms with Crippen molar-refractivity contribution < 1.29 is 9.21 Å². The van der Waals surface area contributed by atoms with Crippen LogP contribution < -0.4 is 16.3 Å². The van der Waals surface area contributed by atoms with E-state index in [4.69, 9.17) is 10.2 Å². The lowest BCUT2D eigenvalue weighted by atomic mass is 10.1. The van der Waals surface area contributed by atoms with Crippen molar-refractivity contribution in [3.05, 3.63) is 40.2 Å². The molecule has 1 amide bonds. The van der Waals surface area contributed by atoms with Crippen LogP contribution in [0.1, 0.15) is 12.0 Å². The molecule has 20 heavy (non-hydrogen) atoms. The molecule has 0 radical (unpaired) electrons. The van der Waals surface area contributed by atoms with Gasteiger partial charge in [-0.25, -0.2) is 4.79 Å². The fraction of sp³-hybridized carbons (Fsp3) is 0.333. The normalized spacial score (nSPS) is 19.0. The van der Waals surface area contributed by atoms with Crippen LogP contribution in [0, 0.1) is 12.8 Å². The first-order chi connectivity index (χ1) is 9.58. The van der Waals surface area contributed by atoms with E-state index in [1.807, 2.05) is 19.1 Å². The van der Waals surface area contributed by atoms with Gasteiger partial charge in [0.05, 0.1) is 0 Å². The summed E-state index contributed by atoms with van der Waals surface area (Å²) in [5.74, 6) is 0.262. The summed E-state index contributed by atoms with van der Waals surface area (Å²) in [5, 5.41) is 0.885. The van der Waals surface area contributed by atoms with Gasteiger partial charge in [-0.1, -0.05) is 0 Å². The summed E-state index contributed by atoms with van der Waals surface area (Å²) in [5.41, 5.74) is 7.39. The third-order valence-electron chi connectivity index (χ3n) is 3.79. The van der Waals surface area contributed by atoms with Crippen molar-refractivity contribution in [2.45, 2.75) is 13.3 Å². The van der Waals surface area contributed by atoms with Gasteiger partial charge in [0, 0.05) is 36.2 Å². The van der Waals surface area contributed by atoms with Crippen LogP contribution in [0.4, 0.5) is 5.69 Å². The highest BCUT2D eigenvalue weighted by molar-refractivity contribution is 5.97. The fourth-order valence-electron chi connectivity index (χ4n) is 2.67. The Morgan fingerprint density at radius 3 is 2.85 bits per heavy atom. The highest BCUT2D eigenvalue weighted by atomic mass is 16.4. The van der Waals surface area contributed by atoms with E-state index in [0.29, 0.717) is 25.1 Å². The molecule has 1 atom stereocenters. The van der Waals surface area contributed by atoms with Crippen molar-refractivity contribution >= 4 is 22.6 Å². The number of amides is 1. The third kappa shape index (κ3) is 2.10. The van der Waals surface area contributed by atoms with Crippen LogP contribution in [0.2, 0.25) is 0 Å². The third-order valence-corrected chi connectivity index (χ3v) is 3.79. The maximum absolute atomic E-state index is 12.0. The van der Waals surface area contributed by atoms with Crippen LogP contribution in [-0.2, 0) is 4.79 Å². The van der Waals surface area contributed by atoms with Gasteiger partial charge in [-0.3, -0.25) is 4.79 Å². The number of benzene rings is 1. The van der Waals surface area contributed by atoms with E-state index in [9.17, 15) is 9.59 Å². The minimum absolute atomic E-state index is 0.0646. The van der Waals surface area contributed by atoms with Crippen molar-refractivity contribution in [1.82, 2.24) is 0 Å². The molecule has 0 spiro atoms. The van der Waals surface area contributed by atoms with Crippen molar-refractivity contribution in [2.75, 3.05) is 18.0 Å². The smallest absolute Gasteiger partial charge is 0.336 e. The van der Waals surface area contributed by atoms with Gasteiger partial charge < -0.3 is 15.1 Å². The summed E-state index contributed by atoms with van der Waals surface area (Å²) in [6.07, 6.45) is 0.478. The average Bonchev–Trinajstić information content (AvgIpc) is 2.79. The summed E-state index contributed by atoms with van der Waals surface area (Å²) in [4.78, 5) is 25.1. The number of anilines is 1. The first-order valence-electron chi connectivity index (χ1n) is 6.63. The minimum Gasteiger partial charge on any atom is -0.423 e. The maximum atomic E-state index is 12.0. The minimum atomic E-state index is -0.375. The van der Waals surface area contributed by atoms with Crippen LogP contribution in [0.5, 0.6) is 0 Å². The summed E-state index contributed by atoms with van der Waals surface area (Å²) in [6.45, 7) is 2.99. The summed E-state index contributed by atoms with van der Waals surface area (Å²) in [7, 11) is 0. The van der Waals surface area contributed by atoms with Gasteiger partial charge in [0.1, 0.15) is 5.58 Å². The van der Waals surface area contributed by atoms with Gasteiger partial charge in [0.2, 0.25) is 5.91 Å². The average molecular weight is 272 g/mol. The molecule has 1 unspecified atom stereocenters. The summed E-state index contributed by atoms with van der Waals surface area (Å²) >= 11 is 0. The van der Waals surface area contributed by atoms with Gasteiger partial charge in [0.15, 0.2) is 0 Å². The first kappa shape index (κ1) is 12.9. The second-order valence-electron chi connectivity index (χ2n) is 5.24. The molecular weight excluding hydrogens is 256 g/mol. The second-order valence-corrected chi connectivity index (χ2v) is 5.24. The molecule has 1 aliphatic heterocycles. The largest absolute Gasteiger partial charge is 0.423 e. The van der Waals surface area contributed by atoms with E-state index >= 15 is 0 Å². The van der Waals surface area contributed by atoms with E-state index in [0.717, 1.165) is 16.6 Å². The van der Waals surface area contributed by atoms with E-state index in [1.165, 1.54) is 6.07 Å². The molecule has 0 bridgehead atoms. The van der Waals surface area contributed by atoms with Crippen LogP contribution in [-0.4, -0.2) is 19.0 Å². The fourth-order valence-corrected chi connectivity index (χ4v) is 2.67. The molecule has 1 aromatic heterocycles. The Morgan fingerprint density at radius 1 is 1.35 bits per heavy atom. The zero-order chi connectivity index (χ0) is 14.3. The summed E-state index contributed by atoms with van der Waals surface area (Å²) < 4.78 is 5.21. The molecule has 2 N–H and O–H groups in total. The Labute approximate surface area is 116 Å². The van der Waals surface area contributed by atoms with Gasteiger partial charge in [-0.05, 0) is 37.1 Å². The molecule has 5 nitrogen and oxygen atoms in total. The first-order valence-corrected chi connectivity index (χ1v) is 6.63. The number of carbonyl (C=O) groups excluding carboxylic acids is 1. The van der Waals surface area contributed by atoms with Crippen molar-refractivity contribution in [3.63, 3.8) is 0 Å². The number of hydrogen-bond acceptors (Lipinski definition) is 4. The SMILES string of the molecule is Cc1cc(=O)oc2cc(N3CC(CN)CC3=O)ccc12. The number of nitrogens with zero attached hydrogens (tertiary/aromatic N) is 1. The number of carbonyl (C=O) groups is 1. The lowest BCUT2D eigenvalue weighted by Crippen LogP contribution is -2.25. The van der Waals surface area contributed by atoms with E-state index < -0.39 is 0 Å². The topological polar surface area (TPSA) is 76.5 Å². The monoisotopic (exact) mass is 272 g/mol. The van der Waals surface area contributed by atoms with Crippen molar-refractivity contribution in [1.29, 1.82) is 0 Å². The Bertz CT molecular complexity index is 735. The van der Waals surface area contributed by atoms with Gasteiger partial charge >= 0.3 is 5.63 Å². The number of fused-ring (bicyclic) bond motifs is 1. The zero-order valence-corrected chi connectivity index (χ0v) is 11.3. The molecule has 5 heteroatoms. The molecule has 3 rings (SSSR count). The highest BCUT2D eigenvalue weighted by Gasteiger charge is 2.29. The zero-order valence-electron chi connectivity index (χ0n) is 11.3. The number of rotatable bonds is 2. The Balaban J connectivity index is 2.05. The van der Waals surface area contributed by atoms with Crippen molar-refractivity contribution in [2.24, 2.45) is 11.7 Å². The molecule has 1 saturated heterocycles. The van der Waals surface area contributed by atoms with E-state index in [1.54, 1.807) is 11.0 Å². The Kier molecular flexibility index (Phi) is 3.06. The molecule has 1 fully saturated rings. The molecule has 1 aliphatic rings. The quantitative estimate of drug-likeness (QED) is 0.839. The summed E-state index contributed by atoms with van der Waals surface area (Å²) in [6, 6.07) is 6.98. The van der Waals surface area contributed by atoms with Crippen LogP contribution in [0.25, 0.3) is 11.0 Å². The number of hydrogen-bond donors (Lipinski definition) is 1. The van der Waals surface area contributed by atoms with E-state index in [-0.39, 0.29) is 17.5 Å². The molecule has 1 aromatic carbocycles. The molecule has 0 aliphatic carbocycles. The molecule has 104 valence electrons. The predicted molar refractivity (Wildman–Crippen MR) is 76.7 cm³/mol. The van der Waals surface area contributed by atoms with Crippen molar-refractivity contribution in [3.8, 4) is 0 Å². The molecule has 2 heterocycles. The van der Waals surface area contributed by atoms with Gasteiger partial charge in [-0.15, -0.1) is 0 Å². The van der Waals surface area contributed by atoms with E-state index in [2.05, 4.69) is 0 Å². The van der Waals surface area contributed by atoms with Crippen LogP contribution >= 0.6 is 0 Å². The second kappa shape index (κ2) is 4.76. The molecular formula is C15H16N2O3. The Morgan fingerprint density at radius 2 is 2.15 bits per heavy atom. The van der Waals surface area contributed by atoms with Crippen LogP contribution in [0.15, 0.2) is 33.5 Å². The van der Waals surface area contributed by atoms with Crippen LogP contribution in [0.3, 0.4) is 0 Å². The number of nitrogens with two attached hydrogens (primary N) is 1. The number of aryl methyl sites for hydroxylation is 1. The van der Waals surface area contributed by atoms with Gasteiger partial charge in [0.25, 0.3) is 0 Å².